The lowest BCUT2D eigenvalue weighted by molar-refractivity contribution is 1.46. The van der Waals surface area contributed by atoms with E-state index in [-0.39, 0.29) is 5.57 Å². The van der Waals surface area contributed by atoms with Crippen molar-refractivity contribution in [1.29, 1.82) is 10.5 Å². The van der Waals surface area contributed by atoms with Crippen LogP contribution >= 0.6 is 27.7 Å². The van der Waals surface area contributed by atoms with Crippen LogP contribution in [0.2, 0.25) is 0 Å². The molecular formula is C8H5BrN2S. The Hall–Kier alpha value is -0.970. The quantitative estimate of drug-likeness (QED) is 0.563. The molecule has 0 spiro atoms. The molecule has 0 unspecified atom stereocenters. The third-order valence-corrected chi connectivity index (χ3v) is 1.88. The Bertz CT molecular complexity index is 301. The highest BCUT2D eigenvalue weighted by Gasteiger charge is 1.96. The van der Waals surface area contributed by atoms with Crippen molar-refractivity contribution in [3.8, 4) is 12.1 Å². The fourth-order valence-electron chi connectivity index (χ4n) is 0.422. The van der Waals surface area contributed by atoms with Gasteiger partial charge in [0.25, 0.3) is 0 Å². The first-order valence-electron chi connectivity index (χ1n) is 2.83. The van der Waals surface area contributed by atoms with Crippen molar-refractivity contribution in [2.75, 3.05) is 0 Å². The molecule has 0 aliphatic heterocycles. The first-order valence-corrected chi connectivity index (χ1v) is 4.44. The molecule has 0 amide bonds. The van der Waals surface area contributed by atoms with Crippen LogP contribution in [-0.2, 0) is 0 Å². The number of hydrogen-bond donors (Lipinski definition) is 0. The van der Waals surface area contributed by atoms with Gasteiger partial charge in [0, 0.05) is 8.72 Å². The lowest BCUT2D eigenvalue weighted by Crippen LogP contribution is -1.73. The summed E-state index contributed by atoms with van der Waals surface area (Å²) in [6.07, 6.45) is 1.41. The standard InChI is InChI=1S/C8H5BrN2S/c1-6(12-7(2)9)3-8(4-10)5-11/h3H,1-2H2. The molecule has 4 heteroatoms. The molecule has 2 nitrogen and oxygen atoms in total. The molecule has 0 aromatic rings. The van der Waals surface area contributed by atoms with E-state index >= 15 is 0 Å². The molecular weight excluding hydrogens is 236 g/mol. The molecule has 0 saturated heterocycles. The Labute approximate surface area is 84.0 Å². The van der Waals surface area contributed by atoms with Crippen molar-refractivity contribution in [3.63, 3.8) is 0 Å². The summed E-state index contributed by atoms with van der Waals surface area (Å²) in [5.74, 6) is 0. The minimum atomic E-state index is 0.0428. The van der Waals surface area contributed by atoms with Crippen LogP contribution in [-0.4, -0.2) is 0 Å². The van der Waals surface area contributed by atoms with E-state index in [1.54, 1.807) is 12.1 Å². The Balaban J connectivity index is 4.37. The summed E-state index contributed by atoms with van der Waals surface area (Å²) in [5.41, 5.74) is 0.0428. The molecule has 0 heterocycles. The molecule has 0 aliphatic rings. The average molecular weight is 241 g/mol. The molecule has 12 heavy (non-hydrogen) atoms. The summed E-state index contributed by atoms with van der Waals surface area (Å²) >= 11 is 4.38. The van der Waals surface area contributed by atoms with Gasteiger partial charge in [-0.3, -0.25) is 0 Å². The van der Waals surface area contributed by atoms with Gasteiger partial charge in [-0.1, -0.05) is 24.9 Å². The number of rotatable bonds is 3. The molecule has 0 bridgehead atoms. The Morgan fingerprint density at radius 2 is 1.83 bits per heavy atom. The number of hydrogen-bond acceptors (Lipinski definition) is 3. The summed E-state index contributed by atoms with van der Waals surface area (Å²) < 4.78 is 0.693. The summed E-state index contributed by atoms with van der Waals surface area (Å²) in [6.45, 7) is 7.20. The molecule has 0 saturated carbocycles. The Kier molecular flexibility index (Phi) is 5.19. The zero-order valence-corrected chi connectivity index (χ0v) is 8.57. The van der Waals surface area contributed by atoms with Gasteiger partial charge >= 0.3 is 0 Å². The van der Waals surface area contributed by atoms with Crippen LogP contribution in [0.4, 0.5) is 0 Å². The second-order valence-corrected chi connectivity index (χ2v) is 4.41. The van der Waals surface area contributed by atoms with Crippen LogP contribution < -0.4 is 0 Å². The number of nitriles is 2. The van der Waals surface area contributed by atoms with Crippen LogP contribution in [0.15, 0.2) is 33.5 Å². The van der Waals surface area contributed by atoms with Gasteiger partial charge in [-0.05, 0) is 22.0 Å². The lowest BCUT2D eigenvalue weighted by atomic mass is 10.3. The highest BCUT2D eigenvalue weighted by atomic mass is 79.9. The molecule has 0 rings (SSSR count). The Morgan fingerprint density at radius 3 is 2.17 bits per heavy atom. The number of nitrogens with zero attached hydrogens (tertiary/aromatic N) is 2. The summed E-state index contributed by atoms with van der Waals surface area (Å²) in [6, 6.07) is 3.47. The zero-order valence-electron chi connectivity index (χ0n) is 6.17. The second-order valence-electron chi connectivity index (χ2n) is 1.71. The van der Waals surface area contributed by atoms with E-state index in [2.05, 4.69) is 29.1 Å². The van der Waals surface area contributed by atoms with Crippen molar-refractivity contribution in [2.45, 2.75) is 0 Å². The van der Waals surface area contributed by atoms with Crippen LogP contribution in [0.3, 0.4) is 0 Å². The minimum Gasteiger partial charge on any atom is -0.192 e. The normalized spacial score (nSPS) is 7.58. The predicted molar refractivity (Wildman–Crippen MR) is 54.1 cm³/mol. The van der Waals surface area contributed by atoms with Gasteiger partial charge in [0.05, 0.1) is 0 Å². The number of allylic oxidation sites excluding steroid dienone is 2. The van der Waals surface area contributed by atoms with Crippen molar-refractivity contribution in [1.82, 2.24) is 0 Å². The van der Waals surface area contributed by atoms with E-state index in [1.165, 1.54) is 17.8 Å². The van der Waals surface area contributed by atoms with Gasteiger partial charge in [-0.15, -0.1) is 0 Å². The fraction of sp³-hybridized carbons (Fsp3) is 0. The van der Waals surface area contributed by atoms with Gasteiger partial charge < -0.3 is 0 Å². The topological polar surface area (TPSA) is 47.6 Å². The lowest BCUT2D eigenvalue weighted by Gasteiger charge is -1.94. The van der Waals surface area contributed by atoms with Crippen LogP contribution in [0, 0.1) is 22.7 Å². The predicted octanol–water partition coefficient (Wildman–Crippen LogP) is 3.07. The number of halogens is 1. The van der Waals surface area contributed by atoms with E-state index in [9.17, 15) is 0 Å². The first-order chi connectivity index (χ1) is 5.60. The maximum atomic E-state index is 8.38. The highest BCUT2D eigenvalue weighted by molar-refractivity contribution is 9.14. The van der Waals surface area contributed by atoms with Crippen molar-refractivity contribution < 1.29 is 0 Å². The van der Waals surface area contributed by atoms with Gasteiger partial charge in [0.15, 0.2) is 0 Å². The van der Waals surface area contributed by atoms with Gasteiger partial charge in [-0.25, -0.2) is 0 Å². The van der Waals surface area contributed by atoms with Crippen molar-refractivity contribution in [2.24, 2.45) is 0 Å². The summed E-state index contributed by atoms with van der Waals surface area (Å²) in [5, 5.41) is 16.8. The molecule has 60 valence electrons. The van der Waals surface area contributed by atoms with Crippen LogP contribution in [0.5, 0.6) is 0 Å². The molecule has 0 radical (unpaired) electrons. The van der Waals surface area contributed by atoms with Crippen LogP contribution in [0.25, 0.3) is 0 Å². The molecule has 0 N–H and O–H groups in total. The van der Waals surface area contributed by atoms with E-state index in [0.717, 1.165) is 0 Å². The smallest absolute Gasteiger partial charge is 0.130 e. The maximum Gasteiger partial charge on any atom is 0.130 e. The molecule has 0 atom stereocenters. The summed E-state index contributed by atoms with van der Waals surface area (Å²) in [4.78, 5) is 0.606. The third-order valence-electron chi connectivity index (χ3n) is 0.788. The molecule has 0 aromatic carbocycles. The fourth-order valence-corrected chi connectivity index (χ4v) is 1.51. The maximum absolute atomic E-state index is 8.38. The highest BCUT2D eigenvalue weighted by Crippen LogP contribution is 2.28. The SMILES string of the molecule is C=C(Br)SC(=C)C=C(C#N)C#N. The summed E-state index contributed by atoms with van der Waals surface area (Å²) in [7, 11) is 0. The Morgan fingerprint density at radius 1 is 1.33 bits per heavy atom. The van der Waals surface area contributed by atoms with Gasteiger partial charge in [0.1, 0.15) is 17.7 Å². The monoisotopic (exact) mass is 240 g/mol. The molecule has 0 aromatic heterocycles. The molecule has 0 fully saturated rings. The van der Waals surface area contributed by atoms with Crippen molar-refractivity contribution in [3.05, 3.63) is 33.5 Å². The second kappa shape index (κ2) is 5.65. The van der Waals surface area contributed by atoms with E-state index in [0.29, 0.717) is 8.72 Å². The first kappa shape index (κ1) is 11.0. The third kappa shape index (κ3) is 4.79. The minimum absolute atomic E-state index is 0.0428. The van der Waals surface area contributed by atoms with Gasteiger partial charge in [0.2, 0.25) is 0 Å². The van der Waals surface area contributed by atoms with Gasteiger partial charge in [-0.2, -0.15) is 10.5 Å². The van der Waals surface area contributed by atoms with Crippen LogP contribution in [0.1, 0.15) is 0 Å². The largest absolute Gasteiger partial charge is 0.192 e. The number of thioether (sulfide) groups is 1. The average Bonchev–Trinajstić information content (AvgIpc) is 1.98. The van der Waals surface area contributed by atoms with E-state index < -0.39 is 0 Å². The van der Waals surface area contributed by atoms with Crippen molar-refractivity contribution >= 4 is 27.7 Å². The molecule has 0 aliphatic carbocycles. The van der Waals surface area contributed by atoms with E-state index in [1.807, 2.05) is 0 Å². The van der Waals surface area contributed by atoms with E-state index in [4.69, 9.17) is 10.5 Å². The zero-order chi connectivity index (χ0) is 9.56.